The highest BCUT2D eigenvalue weighted by atomic mass is 19.3. The number of alkyl halides is 2. The molecule has 4 rings (SSSR count). The van der Waals surface area contributed by atoms with Gasteiger partial charge in [0.1, 0.15) is 5.82 Å². The van der Waals surface area contributed by atoms with Gasteiger partial charge in [-0.05, 0) is 65.9 Å². The van der Waals surface area contributed by atoms with E-state index in [1.807, 2.05) is 18.2 Å². The van der Waals surface area contributed by atoms with Crippen LogP contribution in [-0.2, 0) is 6.42 Å². The van der Waals surface area contributed by atoms with Crippen molar-refractivity contribution in [2.75, 3.05) is 0 Å². The van der Waals surface area contributed by atoms with Gasteiger partial charge in [0.2, 0.25) is 0 Å². The van der Waals surface area contributed by atoms with Crippen LogP contribution in [0.15, 0.2) is 72.8 Å². The Morgan fingerprint density at radius 3 is 2.11 bits per heavy atom. The molecule has 174 valence electrons. The molecule has 0 saturated heterocycles. The van der Waals surface area contributed by atoms with Crippen LogP contribution >= 0.6 is 0 Å². The molecule has 0 radical (unpaired) electrons. The second kappa shape index (κ2) is 10.8. The van der Waals surface area contributed by atoms with Crippen molar-refractivity contribution in [3.8, 4) is 29.4 Å². The normalized spacial score (nSPS) is 10.5. The maximum absolute atomic E-state index is 15.0. The number of hydrogen-bond donors (Lipinski definition) is 0. The Balaban J connectivity index is 1.55. The molecule has 0 aromatic heterocycles. The molecule has 0 N–H and O–H groups in total. The lowest BCUT2D eigenvalue weighted by molar-refractivity contribution is -0.0521. The summed E-state index contributed by atoms with van der Waals surface area (Å²) in [4.78, 5) is 0. The quantitative estimate of drug-likeness (QED) is 0.221. The van der Waals surface area contributed by atoms with Crippen molar-refractivity contribution in [2.45, 2.75) is 26.4 Å². The second-order valence-electron chi connectivity index (χ2n) is 7.83. The van der Waals surface area contributed by atoms with Gasteiger partial charge in [-0.1, -0.05) is 61.3 Å². The summed E-state index contributed by atoms with van der Waals surface area (Å²) < 4.78 is 57.5. The van der Waals surface area contributed by atoms with Crippen LogP contribution in [0.2, 0.25) is 0 Å². The predicted molar refractivity (Wildman–Crippen MR) is 129 cm³/mol. The monoisotopic (exact) mass is 472 g/mol. The van der Waals surface area contributed by atoms with E-state index in [2.05, 4.69) is 47.5 Å². The zero-order valence-electron chi connectivity index (χ0n) is 18.8. The molecule has 0 atom stereocenters. The van der Waals surface area contributed by atoms with E-state index in [-0.39, 0.29) is 11.1 Å². The number of halogens is 4. The zero-order chi connectivity index (χ0) is 24.8. The fourth-order valence-electron chi connectivity index (χ4n) is 3.56. The largest absolute Gasteiger partial charge is 0.432 e. The highest BCUT2D eigenvalue weighted by molar-refractivity contribution is 5.86. The summed E-state index contributed by atoms with van der Waals surface area (Å²) in [7, 11) is 0. The fourth-order valence-corrected chi connectivity index (χ4v) is 3.56. The lowest BCUT2D eigenvalue weighted by atomic mass is 10.0. The molecule has 0 saturated carbocycles. The van der Waals surface area contributed by atoms with Gasteiger partial charge in [0.05, 0.1) is 5.56 Å². The molecule has 4 aromatic rings. The highest BCUT2D eigenvalue weighted by Gasteiger charge is 2.10. The molecule has 0 unspecified atom stereocenters. The van der Waals surface area contributed by atoms with E-state index < -0.39 is 24.0 Å². The molecule has 0 spiro atoms. The summed E-state index contributed by atoms with van der Waals surface area (Å²) in [6, 6.07) is 20.0. The van der Waals surface area contributed by atoms with Crippen LogP contribution in [0.1, 0.15) is 41.2 Å². The van der Waals surface area contributed by atoms with Crippen LogP contribution in [0.25, 0.3) is 10.8 Å². The summed E-state index contributed by atoms with van der Waals surface area (Å²) in [6.45, 7) is -0.987. The van der Waals surface area contributed by atoms with E-state index in [4.69, 9.17) is 0 Å². The smallest absolute Gasteiger partial charge is 0.387 e. The van der Waals surface area contributed by atoms with Gasteiger partial charge in [-0.2, -0.15) is 8.78 Å². The van der Waals surface area contributed by atoms with Crippen LogP contribution in [0.4, 0.5) is 17.6 Å². The van der Waals surface area contributed by atoms with E-state index in [9.17, 15) is 13.2 Å². The van der Waals surface area contributed by atoms with Crippen LogP contribution < -0.4 is 4.74 Å². The number of hydrogen-bond acceptors (Lipinski definition) is 1. The van der Waals surface area contributed by atoms with E-state index in [1.165, 1.54) is 11.6 Å². The molecule has 0 bridgehead atoms. The molecular formula is C30H20F4O. The molecule has 35 heavy (non-hydrogen) atoms. The van der Waals surface area contributed by atoms with Crippen molar-refractivity contribution in [1.82, 2.24) is 0 Å². The number of aryl methyl sites for hydroxylation is 1. The van der Waals surface area contributed by atoms with Gasteiger partial charge in [0.15, 0.2) is 11.6 Å². The number of ether oxygens (including phenoxy) is 1. The fraction of sp³-hybridized carbons (Fsp3) is 0.133. The summed E-state index contributed by atoms with van der Waals surface area (Å²) in [6.07, 6.45) is 2.13. The molecule has 0 heterocycles. The van der Waals surface area contributed by atoms with Gasteiger partial charge in [-0.15, -0.1) is 0 Å². The Morgan fingerprint density at radius 1 is 0.743 bits per heavy atom. The minimum absolute atomic E-state index is 0.136. The number of benzene rings is 4. The van der Waals surface area contributed by atoms with E-state index in [0.29, 0.717) is 10.8 Å². The van der Waals surface area contributed by atoms with E-state index >= 15 is 4.39 Å². The van der Waals surface area contributed by atoms with Crippen LogP contribution in [0, 0.1) is 35.3 Å². The molecule has 5 heteroatoms. The van der Waals surface area contributed by atoms with Crippen LogP contribution in [-0.4, -0.2) is 6.61 Å². The van der Waals surface area contributed by atoms with Crippen molar-refractivity contribution in [1.29, 1.82) is 0 Å². The van der Waals surface area contributed by atoms with Crippen molar-refractivity contribution in [3.63, 3.8) is 0 Å². The Labute approximate surface area is 201 Å². The molecule has 0 aliphatic heterocycles. The van der Waals surface area contributed by atoms with Crippen LogP contribution in [0.5, 0.6) is 5.75 Å². The first-order valence-corrected chi connectivity index (χ1v) is 11.0. The maximum atomic E-state index is 15.0. The Hall–Kier alpha value is -4.22. The molecule has 1 nitrogen and oxygen atoms in total. The third kappa shape index (κ3) is 6.02. The first-order chi connectivity index (χ1) is 16.9. The van der Waals surface area contributed by atoms with E-state index in [0.717, 1.165) is 36.1 Å². The van der Waals surface area contributed by atoms with Crippen molar-refractivity contribution < 1.29 is 22.3 Å². The second-order valence-corrected chi connectivity index (χ2v) is 7.83. The zero-order valence-corrected chi connectivity index (χ0v) is 18.8. The van der Waals surface area contributed by atoms with Crippen molar-refractivity contribution >= 4 is 10.8 Å². The average molecular weight is 472 g/mol. The SMILES string of the molecule is CCCc1ccc(C#Cc2ccc3c(F)c(C#Cc4ccc(OC(F)F)c(F)c4)ccc3c2)cc1. The van der Waals surface area contributed by atoms with Crippen LogP contribution in [0.3, 0.4) is 0 Å². The predicted octanol–water partition coefficient (Wildman–Crippen LogP) is 7.47. The van der Waals surface area contributed by atoms with Crippen molar-refractivity contribution in [2.24, 2.45) is 0 Å². The summed E-state index contributed by atoms with van der Waals surface area (Å²) >= 11 is 0. The lowest BCUT2D eigenvalue weighted by Gasteiger charge is -2.05. The topological polar surface area (TPSA) is 9.23 Å². The summed E-state index contributed by atoms with van der Waals surface area (Å²) in [5.74, 6) is 9.53. The van der Waals surface area contributed by atoms with Gasteiger partial charge in [0, 0.05) is 22.1 Å². The third-order valence-electron chi connectivity index (χ3n) is 5.29. The molecular weight excluding hydrogens is 452 g/mol. The van der Waals surface area contributed by atoms with Gasteiger partial charge < -0.3 is 4.74 Å². The maximum Gasteiger partial charge on any atom is 0.387 e. The van der Waals surface area contributed by atoms with Gasteiger partial charge >= 0.3 is 6.61 Å². The Morgan fingerprint density at radius 2 is 1.40 bits per heavy atom. The first-order valence-electron chi connectivity index (χ1n) is 11.0. The number of rotatable bonds is 4. The lowest BCUT2D eigenvalue weighted by Crippen LogP contribution is -2.03. The first kappa shape index (κ1) is 23.9. The van der Waals surface area contributed by atoms with Gasteiger partial charge in [-0.25, -0.2) is 8.78 Å². The molecule has 0 aliphatic rings. The van der Waals surface area contributed by atoms with E-state index in [1.54, 1.807) is 24.3 Å². The standard InChI is InChI=1S/C30H20F4O/c1-2-3-20-4-6-21(7-5-20)8-9-22-11-16-26-25(18-22)15-14-24(29(26)32)13-10-23-12-17-28(27(31)19-23)35-30(33)34/h4-7,11-12,14-19,30H,2-3H2,1H3. The minimum atomic E-state index is -3.13. The van der Waals surface area contributed by atoms with Crippen molar-refractivity contribution in [3.05, 3.63) is 112 Å². The van der Waals surface area contributed by atoms with Gasteiger partial charge in [-0.3, -0.25) is 0 Å². The molecule has 4 aromatic carbocycles. The molecule has 0 amide bonds. The van der Waals surface area contributed by atoms with Gasteiger partial charge in [0.25, 0.3) is 0 Å². The highest BCUT2D eigenvalue weighted by Crippen LogP contribution is 2.23. The average Bonchev–Trinajstić information content (AvgIpc) is 2.85. The molecule has 0 fully saturated rings. The number of fused-ring (bicyclic) bond motifs is 1. The third-order valence-corrected chi connectivity index (χ3v) is 5.29. The summed E-state index contributed by atoms with van der Waals surface area (Å²) in [5.41, 5.74) is 3.29. The minimum Gasteiger partial charge on any atom is -0.432 e. The molecule has 0 aliphatic carbocycles. The Bertz CT molecular complexity index is 1480. The Kier molecular flexibility index (Phi) is 7.38. The summed E-state index contributed by atoms with van der Waals surface area (Å²) in [5, 5.41) is 1.07.